The maximum absolute atomic E-state index is 12.1. The van der Waals surface area contributed by atoms with Crippen LogP contribution in [0.2, 0.25) is 0 Å². The van der Waals surface area contributed by atoms with Crippen LogP contribution < -0.4 is 10.6 Å². The molecule has 1 saturated carbocycles. The molecule has 1 aliphatic rings. The molecular formula is C14H19N3O3. The number of nitro groups is 1. The van der Waals surface area contributed by atoms with Crippen LogP contribution in [0.1, 0.15) is 43.5 Å². The fraction of sp³-hybridized carbons (Fsp3) is 0.500. The van der Waals surface area contributed by atoms with Gasteiger partial charge in [0, 0.05) is 23.7 Å². The minimum atomic E-state index is -0.443. The van der Waals surface area contributed by atoms with Crippen molar-refractivity contribution in [3.05, 3.63) is 33.9 Å². The first-order valence-electron chi connectivity index (χ1n) is 6.80. The highest BCUT2D eigenvalue weighted by Gasteiger charge is 2.38. The number of amides is 1. The van der Waals surface area contributed by atoms with Crippen molar-refractivity contribution in [3.8, 4) is 0 Å². The second kappa shape index (κ2) is 5.48. The van der Waals surface area contributed by atoms with E-state index in [4.69, 9.17) is 0 Å². The van der Waals surface area contributed by atoms with Crippen LogP contribution in [-0.2, 0) is 0 Å². The van der Waals surface area contributed by atoms with Gasteiger partial charge in [0.25, 0.3) is 11.6 Å². The van der Waals surface area contributed by atoms with Crippen molar-refractivity contribution >= 4 is 17.3 Å². The molecule has 0 atom stereocenters. The largest absolute Gasteiger partial charge is 0.379 e. The number of nitrogens with zero attached hydrogens (tertiary/aromatic N) is 1. The van der Waals surface area contributed by atoms with E-state index in [9.17, 15) is 14.9 Å². The molecule has 0 radical (unpaired) electrons. The normalized spacial score (nSPS) is 15.5. The number of hydrogen-bond donors (Lipinski definition) is 2. The van der Waals surface area contributed by atoms with E-state index >= 15 is 0 Å². The Bertz CT molecular complexity index is 538. The van der Waals surface area contributed by atoms with Crippen molar-refractivity contribution in [2.75, 3.05) is 11.9 Å². The van der Waals surface area contributed by atoms with Gasteiger partial charge in [-0.1, -0.05) is 6.92 Å². The van der Waals surface area contributed by atoms with Crippen LogP contribution in [0.4, 0.5) is 11.4 Å². The Morgan fingerprint density at radius 2 is 2.15 bits per heavy atom. The summed E-state index contributed by atoms with van der Waals surface area (Å²) in [7, 11) is 0. The lowest BCUT2D eigenvalue weighted by atomic mass is 10.1. The van der Waals surface area contributed by atoms with Gasteiger partial charge in [-0.15, -0.1) is 0 Å². The van der Waals surface area contributed by atoms with Gasteiger partial charge < -0.3 is 10.6 Å². The Morgan fingerprint density at radius 1 is 1.45 bits per heavy atom. The summed E-state index contributed by atoms with van der Waals surface area (Å²) in [4.78, 5) is 22.6. The molecule has 0 unspecified atom stereocenters. The molecule has 1 aliphatic carbocycles. The van der Waals surface area contributed by atoms with Gasteiger partial charge in [0.15, 0.2) is 0 Å². The Labute approximate surface area is 117 Å². The molecule has 0 saturated heterocycles. The molecule has 1 aromatic rings. The number of anilines is 1. The third kappa shape index (κ3) is 3.26. The van der Waals surface area contributed by atoms with Crippen LogP contribution in [-0.4, -0.2) is 22.9 Å². The second-order valence-corrected chi connectivity index (χ2v) is 5.43. The highest BCUT2D eigenvalue weighted by Crippen LogP contribution is 2.35. The molecule has 1 aromatic carbocycles. The van der Waals surface area contributed by atoms with Gasteiger partial charge in [0.1, 0.15) is 5.69 Å². The monoisotopic (exact) mass is 277 g/mol. The first kappa shape index (κ1) is 14.3. The van der Waals surface area contributed by atoms with E-state index in [-0.39, 0.29) is 17.1 Å². The molecule has 2 rings (SSSR count). The molecule has 1 amide bonds. The summed E-state index contributed by atoms with van der Waals surface area (Å²) in [5.74, 6) is -0.181. The molecule has 0 aromatic heterocycles. The predicted octanol–water partition coefficient (Wildman–Crippen LogP) is 2.70. The lowest BCUT2D eigenvalue weighted by Gasteiger charge is -2.12. The minimum Gasteiger partial charge on any atom is -0.379 e. The Kier molecular flexibility index (Phi) is 3.92. The summed E-state index contributed by atoms with van der Waals surface area (Å²) in [5, 5.41) is 16.9. The van der Waals surface area contributed by atoms with Gasteiger partial charge in [-0.2, -0.15) is 0 Å². The fourth-order valence-corrected chi connectivity index (χ4v) is 1.90. The number of nitrogens with one attached hydrogen (secondary N) is 2. The average Bonchev–Trinajstić information content (AvgIpc) is 3.13. The smallest absolute Gasteiger partial charge is 0.292 e. The van der Waals surface area contributed by atoms with Gasteiger partial charge in [0.2, 0.25) is 0 Å². The fourth-order valence-electron chi connectivity index (χ4n) is 1.90. The molecule has 6 heteroatoms. The summed E-state index contributed by atoms with van der Waals surface area (Å²) in [6.07, 6.45) is 2.81. The maximum Gasteiger partial charge on any atom is 0.292 e. The Hall–Kier alpha value is -2.11. The van der Waals surface area contributed by atoms with Gasteiger partial charge in [-0.05, 0) is 38.3 Å². The van der Waals surface area contributed by atoms with E-state index in [0.29, 0.717) is 17.8 Å². The van der Waals surface area contributed by atoms with Gasteiger partial charge >= 0.3 is 0 Å². The minimum absolute atomic E-state index is 0.00682. The Morgan fingerprint density at radius 3 is 2.70 bits per heavy atom. The summed E-state index contributed by atoms with van der Waals surface area (Å²) in [6.45, 7) is 4.60. The zero-order valence-electron chi connectivity index (χ0n) is 11.7. The number of hydrogen-bond acceptors (Lipinski definition) is 4. The van der Waals surface area contributed by atoms with E-state index in [1.807, 2.05) is 13.8 Å². The van der Waals surface area contributed by atoms with Crippen molar-refractivity contribution in [3.63, 3.8) is 0 Å². The highest BCUT2D eigenvalue weighted by atomic mass is 16.6. The molecule has 108 valence electrons. The van der Waals surface area contributed by atoms with Crippen molar-refractivity contribution < 1.29 is 9.72 Å². The lowest BCUT2D eigenvalue weighted by molar-refractivity contribution is -0.384. The summed E-state index contributed by atoms with van der Waals surface area (Å²) in [6, 6.07) is 4.42. The second-order valence-electron chi connectivity index (χ2n) is 5.43. The summed E-state index contributed by atoms with van der Waals surface area (Å²) in [5.41, 5.74) is 0.732. The van der Waals surface area contributed by atoms with Crippen molar-refractivity contribution in [1.82, 2.24) is 5.32 Å². The van der Waals surface area contributed by atoms with E-state index in [0.717, 1.165) is 19.3 Å². The van der Waals surface area contributed by atoms with E-state index in [1.165, 1.54) is 12.1 Å². The first-order valence-corrected chi connectivity index (χ1v) is 6.80. The third-order valence-electron chi connectivity index (χ3n) is 3.44. The predicted molar refractivity (Wildman–Crippen MR) is 77.0 cm³/mol. The zero-order valence-corrected chi connectivity index (χ0v) is 11.7. The van der Waals surface area contributed by atoms with E-state index in [1.54, 1.807) is 6.07 Å². The molecule has 2 N–H and O–H groups in total. The summed E-state index contributed by atoms with van der Waals surface area (Å²) < 4.78 is 0. The van der Waals surface area contributed by atoms with Crippen molar-refractivity contribution in [1.29, 1.82) is 0 Å². The number of benzene rings is 1. The van der Waals surface area contributed by atoms with Crippen LogP contribution in [0.3, 0.4) is 0 Å². The van der Waals surface area contributed by atoms with Gasteiger partial charge in [0.05, 0.1) is 4.92 Å². The maximum atomic E-state index is 12.1. The molecule has 0 heterocycles. The molecule has 0 bridgehead atoms. The SMILES string of the molecule is CCCNc1cc(C(=O)NC2(C)CC2)ccc1[N+](=O)[O-]. The third-order valence-corrected chi connectivity index (χ3v) is 3.44. The van der Waals surface area contributed by atoms with Gasteiger partial charge in [-0.25, -0.2) is 0 Å². The topological polar surface area (TPSA) is 84.3 Å². The van der Waals surface area contributed by atoms with Crippen LogP contribution in [0.15, 0.2) is 18.2 Å². The zero-order chi connectivity index (χ0) is 14.8. The highest BCUT2D eigenvalue weighted by molar-refractivity contribution is 5.96. The molecule has 20 heavy (non-hydrogen) atoms. The summed E-state index contributed by atoms with van der Waals surface area (Å²) >= 11 is 0. The first-order chi connectivity index (χ1) is 9.45. The van der Waals surface area contributed by atoms with Crippen LogP contribution in [0, 0.1) is 10.1 Å². The molecule has 0 aliphatic heterocycles. The van der Waals surface area contributed by atoms with Crippen LogP contribution in [0.5, 0.6) is 0 Å². The van der Waals surface area contributed by atoms with E-state index < -0.39 is 4.92 Å². The van der Waals surface area contributed by atoms with Gasteiger partial charge in [-0.3, -0.25) is 14.9 Å². The van der Waals surface area contributed by atoms with Crippen molar-refractivity contribution in [2.24, 2.45) is 0 Å². The van der Waals surface area contributed by atoms with E-state index in [2.05, 4.69) is 10.6 Å². The lowest BCUT2D eigenvalue weighted by Crippen LogP contribution is -2.34. The number of rotatable bonds is 6. The number of nitro benzene ring substituents is 1. The van der Waals surface area contributed by atoms with Crippen LogP contribution >= 0.6 is 0 Å². The van der Waals surface area contributed by atoms with Crippen LogP contribution in [0.25, 0.3) is 0 Å². The standard InChI is InChI=1S/C14H19N3O3/c1-3-8-15-11-9-10(4-5-12(11)17(19)20)13(18)16-14(2)6-7-14/h4-5,9,15H,3,6-8H2,1-2H3,(H,16,18). The molecular weight excluding hydrogens is 258 g/mol. The average molecular weight is 277 g/mol. The molecule has 6 nitrogen and oxygen atoms in total. The molecule has 0 spiro atoms. The molecule has 1 fully saturated rings. The Balaban J connectivity index is 2.21. The number of carbonyl (C=O) groups excluding carboxylic acids is 1. The quantitative estimate of drug-likeness (QED) is 0.618. The number of carbonyl (C=O) groups is 1. The van der Waals surface area contributed by atoms with Crippen molar-refractivity contribution in [2.45, 2.75) is 38.6 Å².